The number of carbonyl (C=O) groups is 3. The third kappa shape index (κ3) is 5.77. The van der Waals surface area contributed by atoms with Gasteiger partial charge in [-0.05, 0) is 90.2 Å². The van der Waals surface area contributed by atoms with Gasteiger partial charge >= 0.3 is 0 Å². The Hall–Kier alpha value is -3.50. The Bertz CT molecular complexity index is 1440. The summed E-state index contributed by atoms with van der Waals surface area (Å²) >= 11 is 7.61. The van der Waals surface area contributed by atoms with E-state index in [9.17, 15) is 14.4 Å². The van der Waals surface area contributed by atoms with Crippen LogP contribution >= 0.6 is 22.9 Å². The molecule has 0 saturated heterocycles. The highest BCUT2D eigenvalue weighted by molar-refractivity contribution is 7.08. The van der Waals surface area contributed by atoms with Gasteiger partial charge in [0.15, 0.2) is 5.76 Å². The molecule has 2 N–H and O–H groups in total. The number of aryl methyl sites for hydroxylation is 1. The first kappa shape index (κ1) is 27.1. The van der Waals surface area contributed by atoms with Gasteiger partial charge in [0, 0.05) is 29.7 Å². The van der Waals surface area contributed by atoms with Crippen molar-refractivity contribution in [3.63, 3.8) is 0 Å². The Kier molecular flexibility index (Phi) is 8.13. The van der Waals surface area contributed by atoms with Crippen molar-refractivity contribution >= 4 is 52.0 Å². The van der Waals surface area contributed by atoms with Gasteiger partial charge in [0.05, 0.1) is 23.4 Å². The average Bonchev–Trinajstić information content (AvgIpc) is 3.54. The third-order valence-corrected chi connectivity index (χ3v) is 7.59. The van der Waals surface area contributed by atoms with Gasteiger partial charge in [-0.2, -0.15) is 11.3 Å². The largest absolute Gasteiger partial charge is 0.459 e. The number of carbonyl (C=O) groups excluding carboxylic acids is 3. The summed E-state index contributed by atoms with van der Waals surface area (Å²) in [6.45, 7) is 2.28. The topological polar surface area (TPSA) is 105 Å². The number of rotatable bonds is 9. The fourth-order valence-electron chi connectivity index (χ4n) is 4.67. The minimum atomic E-state index is -0.592. The molecule has 8 nitrogen and oxygen atoms in total. The molecule has 0 bridgehead atoms. The lowest BCUT2D eigenvalue weighted by Gasteiger charge is -2.29. The molecule has 2 aliphatic rings. The number of ether oxygens (including phenoxy) is 2. The number of aliphatic hydroxyl groups excluding tert-OH is 1. The fraction of sp³-hybridized carbons (Fsp3) is 0.276. The SMILES string of the molecule is Cc1cc(NC(=O)C2=CC(c3ccsc3)CC(OCCCCO)O2)ccc1N1C(=O)c2ccc(Cl)cc2C1=O. The number of fused-ring (bicyclic) bond motifs is 1. The Labute approximate surface area is 234 Å². The molecule has 39 heavy (non-hydrogen) atoms. The smallest absolute Gasteiger partial charge is 0.290 e. The molecule has 2 aliphatic heterocycles. The molecule has 2 aromatic carbocycles. The van der Waals surface area contributed by atoms with Crippen LogP contribution in [0, 0.1) is 6.92 Å². The second-order valence-corrected chi connectivity index (χ2v) is 10.6. The number of nitrogens with one attached hydrogen (secondary N) is 1. The molecule has 2 unspecified atom stereocenters. The summed E-state index contributed by atoms with van der Waals surface area (Å²) in [5, 5.41) is 16.3. The van der Waals surface area contributed by atoms with Gasteiger partial charge in [-0.15, -0.1) is 0 Å². The summed E-state index contributed by atoms with van der Waals surface area (Å²) in [5.74, 6) is -1.18. The Morgan fingerprint density at radius 3 is 2.72 bits per heavy atom. The fourth-order valence-corrected chi connectivity index (χ4v) is 5.57. The van der Waals surface area contributed by atoms with Gasteiger partial charge in [-0.1, -0.05) is 11.6 Å². The van der Waals surface area contributed by atoms with E-state index in [2.05, 4.69) is 5.32 Å². The molecule has 0 saturated carbocycles. The van der Waals surface area contributed by atoms with Crippen LogP contribution in [0.2, 0.25) is 5.02 Å². The maximum Gasteiger partial charge on any atom is 0.290 e. The molecule has 3 heterocycles. The number of unbranched alkanes of at least 4 members (excludes halogenated alkanes) is 1. The van der Waals surface area contributed by atoms with Gasteiger partial charge in [0.1, 0.15) is 0 Å². The van der Waals surface area contributed by atoms with Gasteiger partial charge in [0.2, 0.25) is 6.29 Å². The molecule has 0 fully saturated rings. The summed E-state index contributed by atoms with van der Waals surface area (Å²) < 4.78 is 11.8. The predicted octanol–water partition coefficient (Wildman–Crippen LogP) is 5.65. The molecular formula is C29H27ClN2O6S. The predicted molar refractivity (Wildman–Crippen MR) is 149 cm³/mol. The van der Waals surface area contributed by atoms with Crippen LogP contribution in [-0.2, 0) is 14.3 Å². The molecular weight excluding hydrogens is 540 g/mol. The van der Waals surface area contributed by atoms with Crippen molar-refractivity contribution in [2.24, 2.45) is 0 Å². The van der Waals surface area contributed by atoms with Crippen LogP contribution < -0.4 is 10.2 Å². The third-order valence-electron chi connectivity index (χ3n) is 6.65. The highest BCUT2D eigenvalue weighted by Crippen LogP contribution is 2.35. The molecule has 3 amide bonds. The number of imide groups is 1. The lowest BCUT2D eigenvalue weighted by atomic mass is 9.95. The van der Waals surface area contributed by atoms with Gasteiger partial charge in [-0.3, -0.25) is 14.4 Å². The zero-order valence-corrected chi connectivity index (χ0v) is 22.8. The molecule has 10 heteroatoms. The first-order valence-electron chi connectivity index (χ1n) is 12.6. The highest BCUT2D eigenvalue weighted by Gasteiger charge is 2.37. The quantitative estimate of drug-likeness (QED) is 0.256. The number of amides is 3. The van der Waals surface area contributed by atoms with Crippen molar-refractivity contribution in [1.82, 2.24) is 0 Å². The van der Waals surface area contributed by atoms with E-state index < -0.39 is 24.0 Å². The van der Waals surface area contributed by atoms with Crippen molar-refractivity contribution in [1.29, 1.82) is 0 Å². The van der Waals surface area contributed by atoms with E-state index >= 15 is 0 Å². The number of hydrogen-bond acceptors (Lipinski definition) is 7. The van der Waals surface area contributed by atoms with Crippen molar-refractivity contribution < 1.29 is 29.0 Å². The van der Waals surface area contributed by atoms with Crippen molar-refractivity contribution in [3.05, 3.63) is 92.3 Å². The molecule has 2 atom stereocenters. The Morgan fingerprint density at radius 1 is 1.15 bits per heavy atom. The van der Waals surface area contributed by atoms with E-state index in [0.29, 0.717) is 53.4 Å². The minimum Gasteiger partial charge on any atom is -0.459 e. The number of anilines is 2. The van der Waals surface area contributed by atoms with Crippen LogP contribution in [0.3, 0.4) is 0 Å². The van der Waals surface area contributed by atoms with Crippen LogP contribution in [0.4, 0.5) is 11.4 Å². The number of thiophene rings is 1. The van der Waals surface area contributed by atoms with Crippen molar-refractivity contribution in [3.8, 4) is 0 Å². The van der Waals surface area contributed by atoms with Crippen LogP contribution in [0.1, 0.15) is 57.0 Å². The second kappa shape index (κ2) is 11.7. The Morgan fingerprint density at radius 2 is 1.97 bits per heavy atom. The van der Waals surface area contributed by atoms with Crippen LogP contribution in [0.25, 0.3) is 0 Å². The van der Waals surface area contributed by atoms with Crippen molar-refractivity contribution in [2.45, 2.75) is 38.4 Å². The summed E-state index contributed by atoms with van der Waals surface area (Å²) in [4.78, 5) is 40.3. The van der Waals surface area contributed by atoms with Crippen LogP contribution in [0.15, 0.2) is 65.1 Å². The van der Waals surface area contributed by atoms with E-state index in [-0.39, 0.29) is 23.8 Å². The first-order valence-corrected chi connectivity index (χ1v) is 13.9. The summed E-state index contributed by atoms with van der Waals surface area (Å²) in [5.41, 5.74) is 3.20. The lowest BCUT2D eigenvalue weighted by Crippen LogP contribution is -2.30. The van der Waals surface area contributed by atoms with E-state index in [4.69, 9.17) is 26.2 Å². The molecule has 0 spiro atoms. The number of allylic oxidation sites excluding steroid dienone is 1. The van der Waals surface area contributed by atoms with Gasteiger partial charge < -0.3 is 19.9 Å². The number of benzene rings is 2. The van der Waals surface area contributed by atoms with Crippen LogP contribution in [0.5, 0.6) is 0 Å². The maximum atomic E-state index is 13.2. The van der Waals surface area contributed by atoms with E-state index in [0.717, 1.165) is 10.5 Å². The number of nitrogens with zero attached hydrogens (tertiary/aromatic N) is 1. The van der Waals surface area contributed by atoms with Crippen molar-refractivity contribution in [2.75, 3.05) is 23.4 Å². The van der Waals surface area contributed by atoms with Crippen LogP contribution in [-0.4, -0.2) is 42.3 Å². The second-order valence-electron chi connectivity index (χ2n) is 9.37. The summed E-state index contributed by atoms with van der Waals surface area (Å²) in [6.07, 6.45) is 3.11. The molecule has 3 aromatic rings. The normalized spacial score (nSPS) is 18.5. The molecule has 1 aromatic heterocycles. The first-order chi connectivity index (χ1) is 18.9. The zero-order chi connectivity index (χ0) is 27.5. The monoisotopic (exact) mass is 566 g/mol. The highest BCUT2D eigenvalue weighted by atomic mass is 35.5. The Balaban J connectivity index is 1.32. The lowest BCUT2D eigenvalue weighted by molar-refractivity contribution is -0.143. The average molecular weight is 567 g/mol. The number of halogens is 1. The molecule has 0 radical (unpaired) electrons. The zero-order valence-electron chi connectivity index (χ0n) is 21.2. The molecule has 0 aliphatic carbocycles. The van der Waals surface area contributed by atoms with Gasteiger partial charge in [-0.25, -0.2) is 4.90 Å². The maximum absolute atomic E-state index is 13.2. The van der Waals surface area contributed by atoms with Gasteiger partial charge in [0.25, 0.3) is 17.7 Å². The summed E-state index contributed by atoms with van der Waals surface area (Å²) in [6, 6.07) is 11.6. The molecule has 5 rings (SSSR count). The molecule has 202 valence electrons. The van der Waals surface area contributed by atoms with E-state index in [1.807, 2.05) is 16.8 Å². The van der Waals surface area contributed by atoms with E-state index in [1.54, 1.807) is 54.7 Å². The number of hydrogen-bond donors (Lipinski definition) is 2. The summed E-state index contributed by atoms with van der Waals surface area (Å²) in [7, 11) is 0. The number of aliphatic hydroxyl groups is 1. The van der Waals surface area contributed by atoms with E-state index in [1.165, 1.54) is 6.07 Å². The minimum absolute atomic E-state index is 0.0416. The standard InChI is InChI=1S/C29H27ClN2O6S/c1-17-12-21(5-7-24(17)32-28(35)22-6-4-20(30)15-23(22)29(32)36)31-27(34)25-13-19(18-8-11-39-16-18)14-26(38-25)37-10-3-2-9-33/h4-8,11-13,15-16,19,26,33H,2-3,9-10,14H2,1H3,(H,31,34).